The van der Waals surface area contributed by atoms with Crippen LogP contribution in [0.1, 0.15) is 6.42 Å². The molecule has 0 aliphatic heterocycles. The summed E-state index contributed by atoms with van der Waals surface area (Å²) in [5.74, 6) is 0. The second-order valence-corrected chi connectivity index (χ2v) is 11.1. The molecule has 0 bridgehead atoms. The van der Waals surface area contributed by atoms with Crippen molar-refractivity contribution in [3.63, 3.8) is 0 Å². The average Bonchev–Trinajstić information content (AvgIpc) is 2.98. The first kappa shape index (κ1) is 64.3. The van der Waals surface area contributed by atoms with Crippen LogP contribution >= 0.6 is 0 Å². The van der Waals surface area contributed by atoms with Gasteiger partial charge in [0.2, 0.25) is 0 Å². The van der Waals surface area contributed by atoms with Crippen LogP contribution < -0.4 is 0 Å². The summed E-state index contributed by atoms with van der Waals surface area (Å²) >= 11 is 0. The first-order chi connectivity index (χ1) is 19.1. The minimum atomic E-state index is -3.84. The molecule has 45 heavy (non-hydrogen) atoms. The zero-order valence-electron chi connectivity index (χ0n) is 25.9. The van der Waals surface area contributed by atoms with Gasteiger partial charge in [0.05, 0.1) is 19.8 Å². The van der Waals surface area contributed by atoms with Crippen LogP contribution in [0.5, 0.6) is 0 Å². The quantitative estimate of drug-likeness (QED) is 0.0694. The Hall–Kier alpha value is -3.65. The summed E-state index contributed by atoms with van der Waals surface area (Å²) in [5.41, 5.74) is 0. The first-order valence-corrected chi connectivity index (χ1v) is 14.0. The molecule has 0 saturated heterocycles. The molecule has 266 valence electrons. The maximum atomic E-state index is 12.3. The molecule has 0 rings (SSSR count). The molecular formula is C21H38F9O9PtRf3Si2-3. The van der Waals surface area contributed by atoms with Gasteiger partial charge in [0.15, 0.2) is 0 Å². The summed E-state index contributed by atoms with van der Waals surface area (Å²) in [6.45, 7) is 4.14. The second-order valence-electron chi connectivity index (χ2n) is 6.01. The Morgan fingerprint density at radius 1 is 0.822 bits per heavy atom. The summed E-state index contributed by atoms with van der Waals surface area (Å²) in [6.07, 6.45) is -7.14. The van der Waals surface area contributed by atoms with Crippen molar-refractivity contribution >= 4 is 18.3 Å². The van der Waals surface area contributed by atoms with E-state index >= 15 is 0 Å². The fourth-order valence-corrected chi connectivity index (χ4v) is 3.84. The Morgan fingerprint density at radius 3 is 1.36 bits per heavy atom. The largest absolute Gasteiger partial charge is 0.500 e. The second kappa shape index (κ2) is 42.5. The van der Waals surface area contributed by atoms with Gasteiger partial charge in [0.1, 0.15) is 6.08 Å². The van der Waals surface area contributed by atoms with E-state index in [-0.39, 0.29) is 53.6 Å². The average molecular weight is 1660 g/mol. The molecule has 9 nitrogen and oxygen atoms in total. The number of alkyl halides is 4. The molecule has 0 amide bonds. The Labute approximate surface area is 258 Å². The van der Waals surface area contributed by atoms with Gasteiger partial charge in [-0.25, -0.2) is 32.7 Å². The fraction of sp³-hybridized carbons (Fsp3) is 0.619. The van der Waals surface area contributed by atoms with Crippen LogP contribution in [0, 0.1) is 19.7 Å². The Kier molecular flexibility index (Phi) is 60.7. The monoisotopic (exact) mass is 1660 g/mol. The zero-order valence-corrected chi connectivity index (χ0v) is 49.5. The van der Waals surface area contributed by atoms with E-state index in [0.29, 0.717) is 6.04 Å². The van der Waals surface area contributed by atoms with E-state index in [1.54, 1.807) is 21.3 Å². The van der Waals surface area contributed by atoms with E-state index in [1.807, 2.05) is 0 Å². The van der Waals surface area contributed by atoms with Gasteiger partial charge in [0, 0.05) is 69.8 Å². The summed E-state index contributed by atoms with van der Waals surface area (Å²) in [4.78, 5) is 0. The van der Waals surface area contributed by atoms with E-state index in [0.717, 1.165) is 6.08 Å². The summed E-state index contributed by atoms with van der Waals surface area (Å²) in [6, 6.07) is 0.318. The van der Waals surface area contributed by atoms with Crippen molar-refractivity contribution in [1.82, 2.24) is 0 Å². The molecule has 0 spiro atoms. The maximum absolute atomic E-state index is 12.3. The smallest absolute Gasteiger partial charge is 0.453 e. The zero-order chi connectivity index (χ0) is 33.4. The van der Waals surface area contributed by atoms with Gasteiger partial charge >= 0.3 is 18.3 Å². The van der Waals surface area contributed by atoms with Gasteiger partial charge in [-0.15, -0.1) is 13.2 Å². The molecule has 24 heteroatoms. The molecular weight excluding hydrogens is 1620 g/mol. The summed E-state index contributed by atoms with van der Waals surface area (Å²) in [5, 5.41) is 7.76. The van der Waals surface area contributed by atoms with Crippen LogP contribution in [-0.4, -0.2) is 98.1 Å². The van der Waals surface area contributed by atoms with Crippen molar-refractivity contribution < 1.29 is 102 Å². The van der Waals surface area contributed by atoms with Crippen molar-refractivity contribution in [2.75, 3.05) is 62.5 Å². The topological polar surface area (TPSA) is 94.1 Å². The van der Waals surface area contributed by atoms with Gasteiger partial charge in [-0.05, 0) is 6.42 Å². The van der Waals surface area contributed by atoms with E-state index in [2.05, 4.69) is 22.6 Å². The van der Waals surface area contributed by atoms with Crippen LogP contribution in [-0.2, 0) is 57.1 Å². The van der Waals surface area contributed by atoms with Crippen molar-refractivity contribution in [2.45, 2.75) is 24.7 Å². The predicted octanol–water partition coefficient (Wildman–Crippen LogP) is 5.21. The van der Waals surface area contributed by atoms with E-state index in [1.165, 1.54) is 27.4 Å². The van der Waals surface area contributed by atoms with Crippen LogP contribution in [0.15, 0.2) is 31.4 Å². The molecule has 0 aromatic heterocycles. The molecule has 0 aromatic rings. The van der Waals surface area contributed by atoms with Crippen LogP contribution in [0.4, 0.5) is 39.5 Å². The molecule has 0 fully saturated rings. The number of aliphatic hydroxyl groups is 1. The van der Waals surface area contributed by atoms with Crippen LogP contribution in [0.3, 0.4) is 0 Å². The number of hydrogen-bond acceptors (Lipinski definition) is 9. The molecule has 0 aliphatic rings. The summed E-state index contributed by atoms with van der Waals surface area (Å²) in [7, 11) is 4.56. The molecule has 0 unspecified atom stereocenters. The Bertz CT molecular complexity index is 610. The summed E-state index contributed by atoms with van der Waals surface area (Å²) < 4.78 is 138. The van der Waals surface area contributed by atoms with Gasteiger partial charge in [-0.3, -0.25) is 0 Å². The number of rotatable bonds is 17. The molecule has 0 atom stereocenters. The van der Waals surface area contributed by atoms with Crippen molar-refractivity contribution in [2.24, 2.45) is 0 Å². The van der Waals surface area contributed by atoms with Crippen molar-refractivity contribution in [3.05, 3.63) is 51.1 Å². The molecule has 0 saturated carbocycles. The first-order valence-electron chi connectivity index (χ1n) is 10.6. The van der Waals surface area contributed by atoms with Gasteiger partial charge in [-0.1, -0.05) is 25.5 Å². The molecule has 0 aromatic carbocycles. The Balaban J connectivity index is -0.0000000551. The number of aliphatic hydroxyl groups excluding tert-OH is 1. The van der Waals surface area contributed by atoms with Crippen LogP contribution in [0.25, 0.3) is 0 Å². The Morgan fingerprint density at radius 2 is 1.16 bits per heavy atom. The minimum absolute atomic E-state index is 0. The van der Waals surface area contributed by atoms with E-state index in [9.17, 15) is 39.5 Å². The number of hydrogen-bond donors (Lipinski definition) is 1. The van der Waals surface area contributed by atoms with Gasteiger partial charge in [-0.2, -0.15) is 0 Å². The SMILES string of the molecule is C=CCO.C=CCOC(F)(F)[CH-]F.CO[SiH](OC)OC.CO[Si](CCCOC(F)(F)[CH-]F)(OC)OC.F[C-]=C(F)F.[Pt].[Rf].[Rf].[Rf]. The standard InChI is InChI=1S/C8H16F3O4Si.C5H6F3O.C3H10O3Si.C3H6O.C2F3.Pt.3Rf/c1-12-16(13-2,14-3)6-4-5-15-8(10,11)7-9;1-2-3-9-5(7,8)4-6;1-4-7(5-2)6-3;1-2-3-4;3-1-2(4)5;;;;/h7H,4-6H2,1-3H3;2,4H,1,3H2;7H,1-3H3;2,4H,1,3H2;;;;;/q2*-1;;;-1;;;;. The number of halogens is 9. The van der Waals surface area contributed by atoms with Gasteiger partial charge in [0.25, 0.3) is 12.2 Å². The van der Waals surface area contributed by atoms with Crippen molar-refractivity contribution in [3.8, 4) is 0 Å². The predicted molar refractivity (Wildman–Crippen MR) is 135 cm³/mol. The van der Waals surface area contributed by atoms with E-state index < -0.39 is 50.0 Å². The fourth-order valence-electron chi connectivity index (χ4n) is 1.57. The third kappa shape index (κ3) is 50.3. The normalized spacial score (nSPS) is 9.89. The number of ether oxygens (including phenoxy) is 2. The van der Waals surface area contributed by atoms with Crippen LogP contribution in [0.2, 0.25) is 6.04 Å². The third-order valence-electron chi connectivity index (χ3n) is 3.28. The molecule has 0 heterocycles. The van der Waals surface area contributed by atoms with Crippen molar-refractivity contribution in [1.29, 1.82) is 0 Å². The molecule has 1 N–H and O–H groups in total. The minimum Gasteiger partial charge on any atom is -0.453 e. The molecule has 0 aliphatic carbocycles. The molecule has 0 radical (unpaired) electrons. The van der Waals surface area contributed by atoms with Gasteiger partial charge < -0.3 is 54.3 Å². The third-order valence-corrected chi connectivity index (χ3v) is 7.27. The maximum Gasteiger partial charge on any atom is 0.500 e. The van der Waals surface area contributed by atoms with E-state index in [4.69, 9.17) is 31.7 Å².